The Morgan fingerprint density at radius 2 is 1.93 bits per heavy atom. The predicted molar refractivity (Wildman–Crippen MR) is 112 cm³/mol. The number of hydrazone groups is 1. The molecule has 5 rings (SSSR count). The zero-order chi connectivity index (χ0) is 20.7. The van der Waals surface area contributed by atoms with Gasteiger partial charge in [0.05, 0.1) is 23.8 Å². The van der Waals surface area contributed by atoms with Crippen LogP contribution in [0.25, 0.3) is 0 Å². The number of ether oxygens (including phenoxy) is 2. The number of nitro benzene ring substituents is 1. The third-order valence-corrected chi connectivity index (χ3v) is 5.47. The van der Waals surface area contributed by atoms with Crippen LogP contribution in [-0.2, 0) is 0 Å². The highest BCUT2D eigenvalue weighted by Gasteiger charge is 2.41. The molecule has 3 aromatic carbocycles. The molecule has 2 aliphatic rings. The van der Waals surface area contributed by atoms with E-state index in [2.05, 4.69) is 0 Å². The highest BCUT2D eigenvalue weighted by atomic mass is 16.6. The number of methoxy groups -OCH3 is 1. The quantitative estimate of drug-likeness (QED) is 0.462. The Labute approximate surface area is 173 Å². The number of nitro groups is 1. The van der Waals surface area contributed by atoms with Gasteiger partial charge >= 0.3 is 0 Å². The molecule has 0 saturated carbocycles. The molecule has 150 valence electrons. The molecule has 0 amide bonds. The molecule has 0 fully saturated rings. The summed E-state index contributed by atoms with van der Waals surface area (Å²) < 4.78 is 11.6. The predicted octanol–water partition coefficient (Wildman–Crippen LogP) is 4.85. The number of hydrogen-bond acceptors (Lipinski definition) is 6. The number of non-ortho nitro benzene ring substituents is 1. The smallest absolute Gasteiger partial charge is 0.269 e. The van der Waals surface area contributed by atoms with Crippen molar-refractivity contribution in [3.8, 4) is 11.5 Å². The zero-order valence-corrected chi connectivity index (χ0v) is 16.3. The third kappa shape index (κ3) is 3.04. The van der Waals surface area contributed by atoms with Gasteiger partial charge in [0, 0.05) is 35.2 Å². The normalized spacial score (nSPS) is 19.4. The molecule has 0 unspecified atom stereocenters. The summed E-state index contributed by atoms with van der Waals surface area (Å²) in [7, 11) is 1.64. The van der Waals surface area contributed by atoms with Crippen LogP contribution < -0.4 is 9.47 Å². The third-order valence-electron chi connectivity index (χ3n) is 5.47. The van der Waals surface area contributed by atoms with E-state index in [4.69, 9.17) is 14.6 Å². The van der Waals surface area contributed by atoms with E-state index in [0.29, 0.717) is 12.0 Å². The van der Waals surface area contributed by atoms with E-state index in [0.717, 1.165) is 28.3 Å². The SMILES string of the molecule is COc1cccc(C2=NN3[C@@H](c4cccc([N+](=O)[O-])c4)Oc4ccccc4[C@@H]3C2)c1. The fraction of sp³-hybridized carbons (Fsp3) is 0.174. The lowest BCUT2D eigenvalue weighted by molar-refractivity contribution is -0.385. The molecular formula is C23H19N3O4. The van der Waals surface area contributed by atoms with E-state index in [1.54, 1.807) is 19.2 Å². The first-order valence-corrected chi connectivity index (χ1v) is 9.64. The monoisotopic (exact) mass is 401 g/mol. The fourth-order valence-corrected chi connectivity index (χ4v) is 4.02. The lowest BCUT2D eigenvalue weighted by Crippen LogP contribution is -2.33. The van der Waals surface area contributed by atoms with Crippen molar-refractivity contribution < 1.29 is 14.4 Å². The topological polar surface area (TPSA) is 77.2 Å². The minimum atomic E-state index is -0.548. The second kappa shape index (κ2) is 7.18. The van der Waals surface area contributed by atoms with Gasteiger partial charge in [-0.15, -0.1) is 0 Å². The van der Waals surface area contributed by atoms with Crippen LogP contribution in [0.3, 0.4) is 0 Å². The lowest BCUT2D eigenvalue weighted by atomic mass is 9.96. The standard InChI is InChI=1S/C23H19N3O4/c1-29-18-9-5-6-15(13-18)20-14-21-19-10-2-3-11-22(19)30-23(25(21)24-20)16-7-4-8-17(12-16)26(27)28/h2-13,21,23H,14H2,1H3/t21-,23+/m0/s1. The van der Waals surface area contributed by atoms with Crippen molar-refractivity contribution in [2.75, 3.05) is 7.11 Å². The molecule has 0 spiro atoms. The lowest BCUT2D eigenvalue weighted by Gasteiger charge is -2.38. The Kier molecular flexibility index (Phi) is 4.35. The van der Waals surface area contributed by atoms with Gasteiger partial charge in [-0.25, -0.2) is 5.01 Å². The summed E-state index contributed by atoms with van der Waals surface area (Å²) >= 11 is 0. The van der Waals surface area contributed by atoms with E-state index < -0.39 is 11.2 Å². The van der Waals surface area contributed by atoms with Crippen molar-refractivity contribution in [1.29, 1.82) is 0 Å². The summed E-state index contributed by atoms with van der Waals surface area (Å²) in [5.74, 6) is 1.55. The van der Waals surface area contributed by atoms with Gasteiger partial charge in [-0.2, -0.15) is 5.10 Å². The largest absolute Gasteiger partial charge is 0.497 e. The van der Waals surface area contributed by atoms with E-state index in [9.17, 15) is 10.1 Å². The maximum Gasteiger partial charge on any atom is 0.269 e. The fourth-order valence-electron chi connectivity index (χ4n) is 4.02. The van der Waals surface area contributed by atoms with Gasteiger partial charge in [0.1, 0.15) is 11.5 Å². The van der Waals surface area contributed by atoms with E-state index in [1.165, 1.54) is 6.07 Å². The van der Waals surface area contributed by atoms with Gasteiger partial charge in [-0.3, -0.25) is 10.1 Å². The van der Waals surface area contributed by atoms with Crippen LogP contribution in [0.15, 0.2) is 77.9 Å². The molecule has 0 saturated heterocycles. The Balaban J connectivity index is 1.59. The van der Waals surface area contributed by atoms with Crippen molar-refractivity contribution in [3.63, 3.8) is 0 Å². The summed E-state index contributed by atoms with van der Waals surface area (Å²) in [4.78, 5) is 10.9. The molecule has 7 heteroatoms. The van der Waals surface area contributed by atoms with Crippen molar-refractivity contribution in [3.05, 3.63) is 99.6 Å². The average Bonchev–Trinajstić information content (AvgIpc) is 3.24. The summed E-state index contributed by atoms with van der Waals surface area (Å²) in [6.07, 6.45) is 0.159. The molecule has 2 aliphatic heterocycles. The molecule has 0 bridgehead atoms. The minimum Gasteiger partial charge on any atom is -0.497 e. The number of hydrogen-bond donors (Lipinski definition) is 0. The molecular weight excluding hydrogens is 382 g/mol. The van der Waals surface area contributed by atoms with Gasteiger partial charge in [-0.05, 0) is 18.2 Å². The molecule has 0 radical (unpaired) electrons. The van der Waals surface area contributed by atoms with Crippen LogP contribution in [0.2, 0.25) is 0 Å². The van der Waals surface area contributed by atoms with Gasteiger partial charge in [0.25, 0.3) is 5.69 Å². The van der Waals surface area contributed by atoms with Crippen LogP contribution in [0.4, 0.5) is 5.69 Å². The molecule has 7 nitrogen and oxygen atoms in total. The van der Waals surface area contributed by atoms with Crippen LogP contribution in [-0.4, -0.2) is 22.8 Å². The number of nitrogens with zero attached hydrogens (tertiary/aromatic N) is 3. The summed E-state index contributed by atoms with van der Waals surface area (Å²) in [5.41, 5.74) is 3.69. The Bertz CT molecular complexity index is 1160. The highest BCUT2D eigenvalue weighted by Crippen LogP contribution is 2.47. The molecule has 0 aromatic heterocycles. The van der Waals surface area contributed by atoms with Gasteiger partial charge in [0.2, 0.25) is 6.23 Å². The van der Waals surface area contributed by atoms with Crippen molar-refractivity contribution >= 4 is 11.4 Å². The number of fused-ring (bicyclic) bond motifs is 3. The molecule has 0 aliphatic carbocycles. The minimum absolute atomic E-state index is 0.0135. The number of benzene rings is 3. The Morgan fingerprint density at radius 1 is 1.10 bits per heavy atom. The maximum atomic E-state index is 11.3. The molecule has 3 aromatic rings. The first kappa shape index (κ1) is 18.2. The van der Waals surface area contributed by atoms with Crippen LogP contribution in [0, 0.1) is 10.1 Å². The van der Waals surface area contributed by atoms with Crippen LogP contribution in [0.5, 0.6) is 11.5 Å². The highest BCUT2D eigenvalue weighted by molar-refractivity contribution is 6.02. The zero-order valence-electron chi connectivity index (χ0n) is 16.3. The maximum absolute atomic E-state index is 11.3. The van der Waals surface area contributed by atoms with E-state index in [-0.39, 0.29) is 11.7 Å². The van der Waals surface area contributed by atoms with Crippen LogP contribution in [0.1, 0.15) is 35.4 Å². The average molecular weight is 401 g/mol. The van der Waals surface area contributed by atoms with Crippen molar-refractivity contribution in [2.24, 2.45) is 5.10 Å². The Morgan fingerprint density at radius 3 is 2.77 bits per heavy atom. The van der Waals surface area contributed by atoms with Gasteiger partial charge < -0.3 is 9.47 Å². The Hall–Kier alpha value is -3.87. The molecule has 0 N–H and O–H groups in total. The first-order chi connectivity index (χ1) is 14.6. The van der Waals surface area contributed by atoms with Gasteiger partial charge in [-0.1, -0.05) is 42.5 Å². The summed E-state index contributed by atoms with van der Waals surface area (Å²) in [6.45, 7) is 0. The molecule has 2 heterocycles. The number of para-hydroxylation sites is 1. The van der Waals surface area contributed by atoms with E-state index >= 15 is 0 Å². The molecule has 2 atom stereocenters. The van der Waals surface area contributed by atoms with Crippen molar-refractivity contribution in [1.82, 2.24) is 5.01 Å². The summed E-state index contributed by atoms with van der Waals surface area (Å²) in [6, 6.07) is 22.2. The number of rotatable bonds is 4. The van der Waals surface area contributed by atoms with E-state index in [1.807, 2.05) is 59.6 Å². The van der Waals surface area contributed by atoms with Crippen molar-refractivity contribution in [2.45, 2.75) is 18.7 Å². The molecule has 30 heavy (non-hydrogen) atoms. The second-order valence-electron chi connectivity index (χ2n) is 7.24. The second-order valence-corrected chi connectivity index (χ2v) is 7.24. The first-order valence-electron chi connectivity index (χ1n) is 9.64. The van der Waals surface area contributed by atoms with Crippen LogP contribution >= 0.6 is 0 Å². The summed E-state index contributed by atoms with van der Waals surface area (Å²) in [5, 5.41) is 18.1. The van der Waals surface area contributed by atoms with Gasteiger partial charge in [0.15, 0.2) is 0 Å².